The summed E-state index contributed by atoms with van der Waals surface area (Å²) in [5.41, 5.74) is 0.173. The standard InChI is InChI=1S/C8H6N2O3S/c1-4-6(7(12)13)14-8-9-3-2-5(11)10(4)8/h2-3H,1H3,(H,12,13). The Morgan fingerprint density at radius 3 is 2.93 bits per heavy atom. The molecule has 2 heterocycles. The Kier molecular flexibility index (Phi) is 1.85. The molecule has 0 aliphatic heterocycles. The molecule has 0 unspecified atom stereocenters. The first-order valence-corrected chi connectivity index (χ1v) is 4.63. The van der Waals surface area contributed by atoms with Gasteiger partial charge in [-0.05, 0) is 6.92 Å². The summed E-state index contributed by atoms with van der Waals surface area (Å²) in [6.07, 6.45) is 1.37. The lowest BCUT2D eigenvalue weighted by molar-refractivity contribution is 0.0701. The van der Waals surface area contributed by atoms with E-state index in [0.29, 0.717) is 10.7 Å². The van der Waals surface area contributed by atoms with E-state index in [9.17, 15) is 9.59 Å². The highest BCUT2D eigenvalue weighted by atomic mass is 32.1. The topological polar surface area (TPSA) is 71.7 Å². The summed E-state index contributed by atoms with van der Waals surface area (Å²) < 4.78 is 1.30. The SMILES string of the molecule is Cc1c(C(=O)O)sc2nccc(=O)n12. The molecule has 6 heteroatoms. The number of rotatable bonds is 1. The van der Waals surface area contributed by atoms with E-state index in [4.69, 9.17) is 5.11 Å². The van der Waals surface area contributed by atoms with Gasteiger partial charge in [-0.15, -0.1) is 0 Å². The lowest BCUT2D eigenvalue weighted by Gasteiger charge is -1.92. The zero-order valence-corrected chi connectivity index (χ0v) is 8.04. The molecule has 0 fully saturated rings. The minimum atomic E-state index is -1.03. The molecule has 0 spiro atoms. The van der Waals surface area contributed by atoms with Crippen molar-refractivity contribution in [3.63, 3.8) is 0 Å². The molecule has 0 atom stereocenters. The number of aromatic nitrogens is 2. The van der Waals surface area contributed by atoms with Gasteiger partial charge in [-0.2, -0.15) is 0 Å². The Hall–Kier alpha value is -1.69. The highest BCUT2D eigenvalue weighted by molar-refractivity contribution is 7.18. The van der Waals surface area contributed by atoms with E-state index in [2.05, 4.69) is 4.98 Å². The minimum Gasteiger partial charge on any atom is -0.477 e. The van der Waals surface area contributed by atoms with Crippen molar-refractivity contribution in [3.05, 3.63) is 33.2 Å². The summed E-state index contributed by atoms with van der Waals surface area (Å²) in [5.74, 6) is -1.03. The van der Waals surface area contributed by atoms with Crippen molar-refractivity contribution in [2.24, 2.45) is 0 Å². The lowest BCUT2D eigenvalue weighted by Crippen LogP contribution is -2.13. The largest absolute Gasteiger partial charge is 0.477 e. The molecule has 0 aromatic carbocycles. The predicted octanol–water partition coefficient (Wildman–Crippen LogP) is 0.763. The van der Waals surface area contributed by atoms with Gasteiger partial charge in [-0.3, -0.25) is 9.20 Å². The number of nitrogens with zero attached hydrogens (tertiary/aromatic N) is 2. The number of thiazole rings is 1. The number of hydrogen-bond acceptors (Lipinski definition) is 4. The highest BCUT2D eigenvalue weighted by Crippen LogP contribution is 2.18. The van der Waals surface area contributed by atoms with Crippen LogP contribution in [0, 0.1) is 6.92 Å². The van der Waals surface area contributed by atoms with Crippen LogP contribution < -0.4 is 5.56 Å². The van der Waals surface area contributed by atoms with Crippen LogP contribution >= 0.6 is 11.3 Å². The third-order valence-corrected chi connectivity index (χ3v) is 3.01. The summed E-state index contributed by atoms with van der Waals surface area (Å²) in [6, 6.07) is 1.30. The molecule has 0 bridgehead atoms. The first-order valence-electron chi connectivity index (χ1n) is 3.81. The molecule has 0 saturated heterocycles. The van der Waals surface area contributed by atoms with Gasteiger partial charge < -0.3 is 5.11 Å². The molecule has 2 aromatic heterocycles. The number of carboxylic acids is 1. The zero-order valence-electron chi connectivity index (χ0n) is 7.22. The van der Waals surface area contributed by atoms with Crippen molar-refractivity contribution in [3.8, 4) is 0 Å². The Labute approximate surface area is 82.3 Å². The Morgan fingerprint density at radius 2 is 2.36 bits per heavy atom. The van der Waals surface area contributed by atoms with Gasteiger partial charge in [0.1, 0.15) is 4.88 Å². The second-order valence-electron chi connectivity index (χ2n) is 2.72. The molecular formula is C8H6N2O3S. The lowest BCUT2D eigenvalue weighted by atomic mass is 10.4. The average molecular weight is 210 g/mol. The fourth-order valence-corrected chi connectivity index (χ4v) is 2.18. The van der Waals surface area contributed by atoms with E-state index in [-0.39, 0.29) is 10.4 Å². The van der Waals surface area contributed by atoms with Gasteiger partial charge in [-0.1, -0.05) is 11.3 Å². The molecule has 14 heavy (non-hydrogen) atoms. The monoisotopic (exact) mass is 210 g/mol. The molecule has 72 valence electrons. The number of aryl methyl sites for hydroxylation is 1. The number of hydrogen-bond donors (Lipinski definition) is 1. The van der Waals surface area contributed by atoms with Crippen LogP contribution in [-0.4, -0.2) is 20.5 Å². The molecule has 0 saturated carbocycles. The van der Waals surface area contributed by atoms with E-state index in [1.807, 2.05) is 0 Å². The summed E-state index contributed by atoms with van der Waals surface area (Å²) in [7, 11) is 0. The van der Waals surface area contributed by atoms with E-state index >= 15 is 0 Å². The summed E-state index contributed by atoms with van der Waals surface area (Å²) in [6.45, 7) is 1.59. The van der Waals surface area contributed by atoms with E-state index < -0.39 is 5.97 Å². The second-order valence-corrected chi connectivity index (χ2v) is 3.70. The van der Waals surface area contributed by atoms with Crippen LogP contribution in [0.15, 0.2) is 17.1 Å². The summed E-state index contributed by atoms with van der Waals surface area (Å²) in [5, 5.41) is 8.82. The van der Waals surface area contributed by atoms with Crippen LogP contribution in [0.25, 0.3) is 4.96 Å². The maximum Gasteiger partial charge on any atom is 0.347 e. The third-order valence-electron chi connectivity index (χ3n) is 1.87. The van der Waals surface area contributed by atoms with Crippen LogP contribution in [0.4, 0.5) is 0 Å². The van der Waals surface area contributed by atoms with Gasteiger partial charge in [0.2, 0.25) is 0 Å². The van der Waals surface area contributed by atoms with Crippen LogP contribution in [0.2, 0.25) is 0 Å². The molecule has 0 amide bonds. The predicted molar refractivity (Wildman–Crippen MR) is 51.0 cm³/mol. The van der Waals surface area contributed by atoms with Crippen molar-refractivity contribution >= 4 is 22.3 Å². The van der Waals surface area contributed by atoms with Crippen LogP contribution in [0.5, 0.6) is 0 Å². The smallest absolute Gasteiger partial charge is 0.347 e. The molecule has 0 radical (unpaired) electrons. The van der Waals surface area contributed by atoms with Gasteiger partial charge >= 0.3 is 5.97 Å². The summed E-state index contributed by atoms with van der Waals surface area (Å²) in [4.78, 5) is 26.6. The van der Waals surface area contributed by atoms with Gasteiger partial charge in [0.25, 0.3) is 5.56 Å². The minimum absolute atomic E-state index is 0.154. The second kappa shape index (κ2) is 2.91. The van der Waals surface area contributed by atoms with Crippen molar-refractivity contribution in [1.29, 1.82) is 0 Å². The molecule has 1 N–H and O–H groups in total. The fraction of sp³-hybridized carbons (Fsp3) is 0.125. The average Bonchev–Trinajstić information content (AvgIpc) is 2.45. The number of aromatic carboxylic acids is 1. The molecule has 2 aromatic rings. The zero-order chi connectivity index (χ0) is 10.3. The maximum atomic E-state index is 11.4. The molecule has 0 aliphatic rings. The Balaban J connectivity index is 2.94. The van der Waals surface area contributed by atoms with Gasteiger partial charge in [0.05, 0.1) is 5.69 Å². The number of carboxylic acid groups (broad SMARTS) is 1. The van der Waals surface area contributed by atoms with Crippen molar-refractivity contribution in [2.75, 3.05) is 0 Å². The first kappa shape index (κ1) is 8.89. The van der Waals surface area contributed by atoms with Crippen molar-refractivity contribution < 1.29 is 9.90 Å². The van der Waals surface area contributed by atoms with Crippen LogP contribution in [0.3, 0.4) is 0 Å². The van der Waals surface area contributed by atoms with Gasteiger partial charge in [0, 0.05) is 12.3 Å². The number of fused-ring (bicyclic) bond motifs is 1. The molecule has 0 aliphatic carbocycles. The van der Waals surface area contributed by atoms with Crippen LogP contribution in [0.1, 0.15) is 15.4 Å². The van der Waals surface area contributed by atoms with Crippen molar-refractivity contribution in [1.82, 2.24) is 9.38 Å². The summed E-state index contributed by atoms with van der Waals surface area (Å²) >= 11 is 0.998. The van der Waals surface area contributed by atoms with E-state index in [1.165, 1.54) is 16.7 Å². The van der Waals surface area contributed by atoms with Crippen molar-refractivity contribution in [2.45, 2.75) is 6.92 Å². The molecule has 5 nitrogen and oxygen atoms in total. The Morgan fingerprint density at radius 1 is 1.64 bits per heavy atom. The Bertz CT molecular complexity index is 569. The van der Waals surface area contributed by atoms with E-state index in [1.54, 1.807) is 6.92 Å². The highest BCUT2D eigenvalue weighted by Gasteiger charge is 2.15. The van der Waals surface area contributed by atoms with Gasteiger partial charge in [0.15, 0.2) is 4.96 Å². The number of carbonyl (C=O) groups is 1. The molecule has 2 rings (SSSR count). The van der Waals surface area contributed by atoms with Gasteiger partial charge in [-0.25, -0.2) is 9.78 Å². The fourth-order valence-electron chi connectivity index (χ4n) is 1.24. The third kappa shape index (κ3) is 1.12. The van der Waals surface area contributed by atoms with E-state index in [0.717, 1.165) is 11.3 Å². The first-order chi connectivity index (χ1) is 6.61. The van der Waals surface area contributed by atoms with Crippen LogP contribution in [-0.2, 0) is 0 Å². The molecular weight excluding hydrogens is 204 g/mol. The quantitative estimate of drug-likeness (QED) is 0.754. The normalized spacial score (nSPS) is 10.6. The maximum absolute atomic E-state index is 11.4.